The van der Waals surface area contributed by atoms with Crippen molar-refractivity contribution >= 4 is 43.3 Å². The molecule has 53 heavy (non-hydrogen) atoms. The molecule has 0 amide bonds. The Bertz CT molecular complexity index is 2690. The van der Waals surface area contributed by atoms with Crippen LogP contribution < -0.4 is 9.47 Å². The first-order valence-corrected chi connectivity index (χ1v) is 20.7. The van der Waals surface area contributed by atoms with Gasteiger partial charge in [0.25, 0.3) is 0 Å². The van der Waals surface area contributed by atoms with Crippen molar-refractivity contribution in [3.05, 3.63) is 196 Å². The maximum atomic E-state index is 7.04. The lowest BCUT2D eigenvalue weighted by Crippen LogP contribution is -2.41. The van der Waals surface area contributed by atoms with Crippen LogP contribution >= 0.6 is 23.1 Å². The van der Waals surface area contributed by atoms with E-state index in [0.717, 1.165) is 42.3 Å². The molecule has 5 atom stereocenters. The third-order valence-electron chi connectivity index (χ3n) is 12.6. The van der Waals surface area contributed by atoms with Crippen LogP contribution in [0.3, 0.4) is 0 Å². The average molecular weight is 721 g/mol. The van der Waals surface area contributed by atoms with Gasteiger partial charge in [-0.2, -0.15) is 0 Å². The third kappa shape index (κ3) is 4.28. The van der Waals surface area contributed by atoms with E-state index in [2.05, 4.69) is 157 Å². The fraction of sp³-hybridized carbons (Fsp3) is 0.184. The first-order valence-electron chi connectivity index (χ1n) is 19.0. The summed E-state index contributed by atoms with van der Waals surface area (Å²) >= 11 is 3.98. The number of allylic oxidation sites excluding steroid dienone is 10. The molecule has 3 aliphatic carbocycles. The number of ether oxygens (including phenoxy) is 2. The van der Waals surface area contributed by atoms with E-state index >= 15 is 0 Å². The van der Waals surface area contributed by atoms with Crippen LogP contribution in [0.1, 0.15) is 59.8 Å². The molecule has 0 radical (unpaired) electrons. The molecule has 4 heteroatoms. The van der Waals surface area contributed by atoms with E-state index in [1.165, 1.54) is 64.9 Å². The molecule has 6 aliphatic rings. The van der Waals surface area contributed by atoms with Gasteiger partial charge >= 0.3 is 0 Å². The van der Waals surface area contributed by atoms with Gasteiger partial charge in [-0.05, 0) is 54.3 Å². The van der Waals surface area contributed by atoms with E-state index in [4.69, 9.17) is 9.47 Å². The fourth-order valence-electron chi connectivity index (χ4n) is 10.5. The van der Waals surface area contributed by atoms with Gasteiger partial charge in [0.15, 0.2) is 0 Å². The predicted octanol–water partition coefficient (Wildman–Crippen LogP) is 12.9. The van der Waals surface area contributed by atoms with Crippen LogP contribution in [0.5, 0.6) is 11.5 Å². The minimum absolute atomic E-state index is 0.200. The van der Waals surface area contributed by atoms with Crippen molar-refractivity contribution in [2.45, 2.75) is 53.1 Å². The molecule has 5 unspecified atom stereocenters. The predicted molar refractivity (Wildman–Crippen MR) is 218 cm³/mol. The molecular formula is C49H36O2S2. The summed E-state index contributed by atoms with van der Waals surface area (Å²) in [6, 6.07) is 42.2. The van der Waals surface area contributed by atoms with Gasteiger partial charge in [0, 0.05) is 83.2 Å². The molecule has 4 heterocycles. The Balaban J connectivity index is 1.01. The average Bonchev–Trinajstić information content (AvgIpc) is 3.79. The maximum Gasteiger partial charge on any atom is 0.131 e. The number of hydrogen-bond donors (Lipinski definition) is 0. The van der Waals surface area contributed by atoms with Crippen LogP contribution in [0.2, 0.25) is 0 Å². The summed E-state index contributed by atoms with van der Waals surface area (Å²) in [5.74, 6) is 5.00. The highest BCUT2D eigenvalue weighted by Gasteiger charge is 2.53. The highest BCUT2D eigenvalue weighted by atomic mass is 32.2. The smallest absolute Gasteiger partial charge is 0.131 e. The Morgan fingerprint density at radius 2 is 1.25 bits per heavy atom. The molecule has 256 valence electrons. The van der Waals surface area contributed by atoms with Gasteiger partial charge in [-0.25, -0.2) is 0 Å². The van der Waals surface area contributed by atoms with Crippen molar-refractivity contribution in [3.8, 4) is 11.5 Å². The molecule has 0 bridgehead atoms. The van der Waals surface area contributed by atoms with Crippen molar-refractivity contribution < 1.29 is 9.47 Å². The van der Waals surface area contributed by atoms with Gasteiger partial charge in [-0.15, -0.1) is 23.1 Å². The lowest BCUT2D eigenvalue weighted by Gasteiger charge is -2.48. The minimum atomic E-state index is -0.544. The molecule has 1 spiro atoms. The largest absolute Gasteiger partial charge is 0.461 e. The standard InChI is InChI=1S/C49H36O2S2/c1-7-19-43-33(11-1)47-31(13-9-21-45(47)52-43)29-23-25-37-41(27-29)50-39-17-5-3-15-35(39)49(37)36-16-4-6-18-40(36)51-42-28-30(24-26-38(42)49)32-14-10-22-46-48(32)34-12-2-8-20-44(34)53-46/h1-9,11-21,23-26,29-30,46,48H,10,22,27-28H2. The molecule has 5 aromatic carbocycles. The zero-order valence-electron chi connectivity index (χ0n) is 29.1. The Morgan fingerprint density at radius 3 is 2.06 bits per heavy atom. The molecule has 0 saturated carbocycles. The van der Waals surface area contributed by atoms with Crippen LogP contribution in [0.15, 0.2) is 179 Å². The van der Waals surface area contributed by atoms with Gasteiger partial charge in [0.2, 0.25) is 0 Å². The Labute approximate surface area is 317 Å². The summed E-state index contributed by atoms with van der Waals surface area (Å²) < 4.78 is 16.7. The minimum Gasteiger partial charge on any atom is -0.461 e. The maximum absolute atomic E-state index is 7.04. The van der Waals surface area contributed by atoms with Crippen LogP contribution in [-0.4, -0.2) is 5.25 Å². The molecule has 0 N–H and O–H groups in total. The first kappa shape index (κ1) is 30.4. The van der Waals surface area contributed by atoms with Crippen LogP contribution in [0, 0.1) is 5.92 Å². The third-order valence-corrected chi connectivity index (χ3v) is 15.2. The summed E-state index contributed by atoms with van der Waals surface area (Å²) in [6.45, 7) is 0. The van der Waals surface area contributed by atoms with Crippen LogP contribution in [0.4, 0.5) is 0 Å². The molecule has 6 aromatic rings. The van der Waals surface area contributed by atoms with E-state index in [0.29, 0.717) is 17.1 Å². The SMILES string of the molecule is C1=CC(C2=CCCC3Sc4ccccc4C23)CC2=C1C1(C3=C(CC(c4cccc5sc6ccccc6c45)C=C3)Oc3ccccc31)c1ccccc1O2. The number of thiophene rings is 1. The monoisotopic (exact) mass is 720 g/mol. The van der Waals surface area contributed by atoms with Crippen molar-refractivity contribution in [3.63, 3.8) is 0 Å². The molecular weight excluding hydrogens is 685 g/mol. The molecule has 0 fully saturated rings. The summed E-state index contributed by atoms with van der Waals surface area (Å²) in [7, 11) is 0. The number of thioether (sulfide) groups is 1. The normalized spacial score (nSPS) is 26.3. The van der Waals surface area contributed by atoms with Gasteiger partial charge in [0.1, 0.15) is 23.0 Å². The second kappa shape index (κ2) is 11.5. The lowest BCUT2D eigenvalue weighted by atomic mass is 9.58. The number of rotatable bonds is 2. The summed E-state index contributed by atoms with van der Waals surface area (Å²) in [4.78, 5) is 1.46. The van der Waals surface area contributed by atoms with Crippen LogP contribution in [-0.2, 0) is 5.41 Å². The highest BCUT2D eigenvalue weighted by molar-refractivity contribution is 8.00. The Hall–Kier alpha value is -5.03. The van der Waals surface area contributed by atoms with Crippen molar-refractivity contribution in [1.29, 1.82) is 0 Å². The highest BCUT2D eigenvalue weighted by Crippen LogP contribution is 2.62. The van der Waals surface area contributed by atoms with E-state index < -0.39 is 5.41 Å². The Morgan fingerprint density at radius 1 is 0.604 bits per heavy atom. The van der Waals surface area contributed by atoms with Gasteiger partial charge in [-0.1, -0.05) is 121 Å². The van der Waals surface area contributed by atoms with Gasteiger partial charge in [0.05, 0.1) is 5.41 Å². The van der Waals surface area contributed by atoms with Crippen molar-refractivity contribution in [2.75, 3.05) is 0 Å². The second-order valence-electron chi connectivity index (χ2n) is 15.2. The molecule has 3 aliphatic heterocycles. The number of benzene rings is 5. The lowest BCUT2D eigenvalue weighted by molar-refractivity contribution is 0.321. The summed E-state index contributed by atoms with van der Waals surface area (Å²) in [5, 5.41) is 3.34. The number of hydrogen-bond acceptors (Lipinski definition) is 4. The summed E-state index contributed by atoms with van der Waals surface area (Å²) in [6.07, 6.45) is 16.4. The molecule has 12 rings (SSSR count). The quantitative estimate of drug-likeness (QED) is 0.166. The zero-order chi connectivity index (χ0) is 34.7. The van der Waals surface area contributed by atoms with E-state index in [9.17, 15) is 0 Å². The first-order chi connectivity index (χ1) is 26.3. The van der Waals surface area contributed by atoms with Gasteiger partial charge in [-0.3, -0.25) is 0 Å². The molecule has 2 nitrogen and oxygen atoms in total. The van der Waals surface area contributed by atoms with E-state index in [-0.39, 0.29) is 5.92 Å². The molecule has 0 saturated heterocycles. The Kier molecular flexibility index (Phi) is 6.59. The molecule has 1 aromatic heterocycles. The number of fused-ring (bicyclic) bond motifs is 12. The second-order valence-corrected chi connectivity index (χ2v) is 17.6. The van der Waals surface area contributed by atoms with Crippen molar-refractivity contribution in [2.24, 2.45) is 5.92 Å². The summed E-state index contributed by atoms with van der Waals surface area (Å²) in [5.41, 5.74) is 8.78. The van der Waals surface area contributed by atoms with E-state index in [1.54, 1.807) is 5.57 Å². The van der Waals surface area contributed by atoms with E-state index in [1.807, 2.05) is 11.3 Å². The number of para-hydroxylation sites is 2. The van der Waals surface area contributed by atoms with Crippen molar-refractivity contribution in [1.82, 2.24) is 0 Å². The topological polar surface area (TPSA) is 18.5 Å². The van der Waals surface area contributed by atoms with Gasteiger partial charge < -0.3 is 9.47 Å². The van der Waals surface area contributed by atoms with Crippen LogP contribution in [0.25, 0.3) is 20.2 Å². The zero-order valence-corrected chi connectivity index (χ0v) is 30.8. The fourth-order valence-corrected chi connectivity index (χ4v) is 13.1.